The van der Waals surface area contributed by atoms with E-state index in [0.717, 1.165) is 33.3 Å². The first-order valence-electron chi connectivity index (χ1n) is 13.3. The molecule has 0 fully saturated rings. The monoisotopic (exact) mass is 522 g/mol. The SMILES string of the molecule is COC(=O)/C1=C/N(Cc2ccccc2)CCc2c(n(C(=O)OC(C)(C)C)c3ccccc23)[C@H]1c1ccccc1. The number of aromatic nitrogens is 1. The standard InChI is InChI=1S/C33H34N2O4/c1-33(2,3)39-32(37)35-28-18-12-11-17-25(28)26-19-20-34(21-23-13-7-5-8-14-23)22-27(31(36)38-4)29(30(26)35)24-15-9-6-10-16-24/h5-18,22,29H,19-21H2,1-4H3/b27-22+/t29-/m0/s1. The minimum absolute atomic E-state index is 0.434. The molecule has 0 spiro atoms. The third-order valence-corrected chi connectivity index (χ3v) is 6.93. The van der Waals surface area contributed by atoms with Crippen LogP contribution in [-0.4, -0.2) is 40.8 Å². The van der Waals surface area contributed by atoms with Crippen molar-refractivity contribution in [2.45, 2.75) is 45.3 Å². The van der Waals surface area contributed by atoms with E-state index in [-0.39, 0.29) is 0 Å². The molecule has 6 heteroatoms. The van der Waals surface area contributed by atoms with Crippen molar-refractivity contribution < 1.29 is 19.1 Å². The van der Waals surface area contributed by atoms with Gasteiger partial charge in [0.25, 0.3) is 0 Å². The van der Waals surface area contributed by atoms with E-state index in [9.17, 15) is 9.59 Å². The van der Waals surface area contributed by atoms with Gasteiger partial charge in [-0.3, -0.25) is 0 Å². The summed E-state index contributed by atoms with van der Waals surface area (Å²) in [6, 6.07) is 27.9. The average molecular weight is 523 g/mol. The Morgan fingerprint density at radius 2 is 1.54 bits per heavy atom. The molecule has 1 aromatic heterocycles. The largest absolute Gasteiger partial charge is 0.466 e. The zero-order chi connectivity index (χ0) is 27.6. The molecule has 0 unspecified atom stereocenters. The molecule has 1 atom stereocenters. The molecule has 6 nitrogen and oxygen atoms in total. The highest BCUT2D eigenvalue weighted by molar-refractivity contribution is 5.97. The number of methoxy groups -OCH3 is 1. The van der Waals surface area contributed by atoms with Gasteiger partial charge in [-0.2, -0.15) is 0 Å². The van der Waals surface area contributed by atoms with Crippen LogP contribution in [0.2, 0.25) is 0 Å². The Morgan fingerprint density at radius 1 is 0.897 bits per heavy atom. The first-order valence-corrected chi connectivity index (χ1v) is 13.3. The van der Waals surface area contributed by atoms with Crippen LogP contribution in [0.15, 0.2) is 96.7 Å². The molecule has 0 bridgehead atoms. The van der Waals surface area contributed by atoms with Gasteiger partial charge < -0.3 is 14.4 Å². The first kappa shape index (κ1) is 26.3. The Balaban J connectivity index is 1.79. The maximum Gasteiger partial charge on any atom is 0.419 e. The van der Waals surface area contributed by atoms with E-state index in [4.69, 9.17) is 9.47 Å². The summed E-state index contributed by atoms with van der Waals surface area (Å²) in [4.78, 5) is 29.5. The van der Waals surface area contributed by atoms with Gasteiger partial charge >= 0.3 is 12.1 Å². The number of ether oxygens (including phenoxy) is 2. The molecule has 5 rings (SSSR count). The molecule has 4 aromatic rings. The van der Waals surface area contributed by atoms with Crippen LogP contribution in [0.5, 0.6) is 0 Å². The van der Waals surface area contributed by atoms with Crippen LogP contribution < -0.4 is 0 Å². The van der Waals surface area contributed by atoms with E-state index >= 15 is 0 Å². The van der Waals surface area contributed by atoms with Gasteiger partial charge in [-0.1, -0.05) is 78.9 Å². The zero-order valence-corrected chi connectivity index (χ0v) is 22.9. The summed E-state index contributed by atoms with van der Waals surface area (Å²) in [7, 11) is 1.40. The molecule has 200 valence electrons. The zero-order valence-electron chi connectivity index (χ0n) is 22.9. The topological polar surface area (TPSA) is 60.8 Å². The molecule has 0 amide bonds. The fourth-order valence-electron chi connectivity index (χ4n) is 5.35. The van der Waals surface area contributed by atoms with Crippen molar-refractivity contribution in [1.29, 1.82) is 0 Å². The van der Waals surface area contributed by atoms with E-state index in [0.29, 0.717) is 25.1 Å². The van der Waals surface area contributed by atoms with E-state index < -0.39 is 23.6 Å². The minimum Gasteiger partial charge on any atom is -0.466 e. The Morgan fingerprint density at radius 3 is 2.21 bits per heavy atom. The summed E-state index contributed by atoms with van der Waals surface area (Å²) in [6.07, 6.45) is 2.13. The summed E-state index contributed by atoms with van der Waals surface area (Å²) in [5, 5.41) is 0.977. The smallest absolute Gasteiger partial charge is 0.419 e. The molecular formula is C33H34N2O4. The van der Waals surface area contributed by atoms with Crippen molar-refractivity contribution in [3.05, 3.63) is 119 Å². The van der Waals surface area contributed by atoms with E-state index in [2.05, 4.69) is 17.0 Å². The molecule has 0 radical (unpaired) electrons. The number of fused-ring (bicyclic) bond motifs is 3. The van der Waals surface area contributed by atoms with Crippen molar-refractivity contribution in [3.63, 3.8) is 0 Å². The van der Waals surface area contributed by atoms with Gasteiger partial charge in [0, 0.05) is 30.4 Å². The number of benzene rings is 3. The maximum atomic E-state index is 13.8. The molecule has 0 saturated carbocycles. The number of hydrogen-bond donors (Lipinski definition) is 0. The lowest BCUT2D eigenvalue weighted by molar-refractivity contribution is -0.136. The molecule has 1 aliphatic rings. The third kappa shape index (κ3) is 5.46. The number of carbonyl (C=O) groups is 2. The quantitative estimate of drug-likeness (QED) is 0.280. The van der Waals surface area contributed by atoms with Crippen LogP contribution in [0.4, 0.5) is 4.79 Å². The Bertz CT molecular complexity index is 1510. The highest BCUT2D eigenvalue weighted by atomic mass is 16.6. The molecule has 0 N–H and O–H groups in total. The molecule has 0 saturated heterocycles. The maximum absolute atomic E-state index is 13.8. The fraction of sp³-hybridized carbons (Fsp3) is 0.273. The molecule has 39 heavy (non-hydrogen) atoms. The number of rotatable bonds is 4. The van der Waals surface area contributed by atoms with Crippen LogP contribution in [0, 0.1) is 0 Å². The van der Waals surface area contributed by atoms with E-state index in [1.807, 2.05) is 99.8 Å². The fourth-order valence-corrected chi connectivity index (χ4v) is 5.35. The molecular weight excluding hydrogens is 488 g/mol. The van der Waals surface area contributed by atoms with Crippen LogP contribution in [0.1, 0.15) is 49.1 Å². The highest BCUT2D eigenvalue weighted by Gasteiger charge is 2.36. The number of esters is 1. The third-order valence-electron chi connectivity index (χ3n) is 6.93. The number of carbonyl (C=O) groups excluding carboxylic acids is 2. The minimum atomic E-state index is -0.688. The lowest BCUT2D eigenvalue weighted by Crippen LogP contribution is -2.31. The van der Waals surface area contributed by atoms with Crippen molar-refractivity contribution in [2.24, 2.45) is 0 Å². The molecule has 1 aliphatic heterocycles. The Hall–Kier alpha value is -4.32. The first-order chi connectivity index (χ1) is 18.8. The summed E-state index contributed by atoms with van der Waals surface area (Å²) in [6.45, 7) is 6.87. The molecule has 3 aromatic carbocycles. The number of para-hydroxylation sites is 1. The normalized spacial score (nSPS) is 17.0. The second-order valence-corrected chi connectivity index (χ2v) is 10.8. The van der Waals surface area contributed by atoms with Gasteiger partial charge in [-0.05, 0) is 49.9 Å². The predicted octanol–water partition coefficient (Wildman–Crippen LogP) is 6.67. The lowest BCUT2D eigenvalue weighted by atomic mass is 9.84. The average Bonchev–Trinajstić information content (AvgIpc) is 3.23. The van der Waals surface area contributed by atoms with Crippen molar-refractivity contribution in [1.82, 2.24) is 9.47 Å². The van der Waals surface area contributed by atoms with Gasteiger partial charge in [0.1, 0.15) is 5.60 Å². The van der Waals surface area contributed by atoms with Crippen molar-refractivity contribution in [3.8, 4) is 0 Å². The van der Waals surface area contributed by atoms with E-state index in [1.54, 1.807) is 4.57 Å². The summed E-state index contributed by atoms with van der Waals surface area (Å²) in [5.74, 6) is -0.983. The second kappa shape index (κ2) is 10.8. The van der Waals surface area contributed by atoms with Gasteiger partial charge in [0.05, 0.1) is 24.1 Å². The van der Waals surface area contributed by atoms with Gasteiger partial charge in [-0.25, -0.2) is 14.2 Å². The predicted molar refractivity (Wildman–Crippen MR) is 153 cm³/mol. The number of nitrogens with zero attached hydrogens (tertiary/aromatic N) is 2. The van der Waals surface area contributed by atoms with E-state index in [1.165, 1.54) is 7.11 Å². The van der Waals surface area contributed by atoms with Crippen LogP contribution in [0.3, 0.4) is 0 Å². The van der Waals surface area contributed by atoms with Crippen LogP contribution >= 0.6 is 0 Å². The lowest BCUT2D eigenvalue weighted by Gasteiger charge is -2.30. The molecule has 0 aliphatic carbocycles. The second-order valence-electron chi connectivity index (χ2n) is 10.8. The summed E-state index contributed by atoms with van der Waals surface area (Å²) < 4.78 is 12.9. The number of hydrogen-bond acceptors (Lipinski definition) is 5. The van der Waals surface area contributed by atoms with Crippen LogP contribution in [0.25, 0.3) is 10.9 Å². The summed E-state index contributed by atoms with van der Waals surface area (Å²) >= 11 is 0. The Kier molecular flexibility index (Phi) is 7.29. The van der Waals surface area contributed by atoms with Crippen molar-refractivity contribution >= 4 is 23.0 Å². The van der Waals surface area contributed by atoms with Crippen LogP contribution in [-0.2, 0) is 27.2 Å². The summed E-state index contributed by atoms with van der Waals surface area (Å²) in [5.41, 5.74) is 4.35. The van der Waals surface area contributed by atoms with Gasteiger partial charge in [0.15, 0.2) is 0 Å². The van der Waals surface area contributed by atoms with Gasteiger partial charge in [0.2, 0.25) is 0 Å². The van der Waals surface area contributed by atoms with Gasteiger partial charge in [-0.15, -0.1) is 0 Å². The highest BCUT2D eigenvalue weighted by Crippen LogP contribution is 2.41. The Labute approximate surface area is 229 Å². The molecule has 2 heterocycles. The van der Waals surface area contributed by atoms with Crippen molar-refractivity contribution in [2.75, 3.05) is 13.7 Å².